The standard InChI is InChI=1S/C12H18N4O5S2.Na/c1-4(14-15-12(13)21)3-22-11-7(10(19)20)16-8(18)6(5(2)17)9(16)23-11;/h4-6,9,14,17H,3H2,1-2H3,(H,19,20)(H3,13,15,21);/q;+1/p-1/t4?,5?,6-,9+;/m0./s1. The molecule has 4 atom stereocenters. The Balaban J connectivity index is 0.00000288. The Morgan fingerprint density at radius 3 is 2.62 bits per heavy atom. The van der Waals surface area contributed by atoms with Gasteiger partial charge in [-0.05, 0) is 13.8 Å². The predicted octanol–water partition coefficient (Wildman–Crippen LogP) is -4.88. The van der Waals surface area contributed by atoms with Gasteiger partial charge in [0.15, 0.2) is 0 Å². The number of carbonyl (C=O) groups is 3. The molecule has 2 rings (SSSR count). The van der Waals surface area contributed by atoms with E-state index in [4.69, 9.17) is 5.73 Å². The van der Waals surface area contributed by atoms with E-state index in [-0.39, 0.29) is 41.3 Å². The van der Waals surface area contributed by atoms with Gasteiger partial charge in [-0.15, -0.1) is 11.8 Å². The van der Waals surface area contributed by atoms with Gasteiger partial charge in [-0.25, -0.2) is 10.2 Å². The number of carbonyl (C=O) groups excluding carboxylic acids is 3. The number of carboxylic acid groups (broad SMARTS) is 1. The third kappa shape index (κ3) is 4.40. The number of hydrogen-bond acceptors (Lipinski definition) is 8. The number of carboxylic acids is 1. The van der Waals surface area contributed by atoms with Crippen molar-refractivity contribution >= 4 is 41.4 Å². The Hall–Kier alpha value is -0.430. The van der Waals surface area contributed by atoms with Crippen molar-refractivity contribution in [3.8, 4) is 0 Å². The number of nitrogens with two attached hydrogens (primary N) is 1. The van der Waals surface area contributed by atoms with Gasteiger partial charge >= 0.3 is 35.6 Å². The Morgan fingerprint density at radius 2 is 2.12 bits per heavy atom. The number of amides is 3. The summed E-state index contributed by atoms with van der Waals surface area (Å²) in [6, 6.07) is -0.901. The van der Waals surface area contributed by atoms with Crippen LogP contribution < -0.4 is 51.2 Å². The fourth-order valence-electron chi connectivity index (χ4n) is 2.28. The van der Waals surface area contributed by atoms with Crippen molar-refractivity contribution in [3.63, 3.8) is 0 Å². The van der Waals surface area contributed by atoms with Crippen LogP contribution in [-0.4, -0.2) is 51.2 Å². The number of thioether (sulfide) groups is 2. The van der Waals surface area contributed by atoms with E-state index in [0.29, 0.717) is 9.99 Å². The van der Waals surface area contributed by atoms with E-state index in [9.17, 15) is 24.6 Å². The molecule has 9 nitrogen and oxygen atoms in total. The van der Waals surface area contributed by atoms with Crippen molar-refractivity contribution in [1.29, 1.82) is 0 Å². The number of β-lactam (4-membered cyclic amide) rings is 1. The molecule has 1 saturated heterocycles. The topological polar surface area (TPSA) is 148 Å². The normalized spacial score (nSPS) is 24.6. The summed E-state index contributed by atoms with van der Waals surface area (Å²) in [5, 5.41) is 20.6. The monoisotopic (exact) mass is 384 g/mol. The molecule has 24 heavy (non-hydrogen) atoms. The van der Waals surface area contributed by atoms with Gasteiger partial charge in [0, 0.05) is 11.8 Å². The van der Waals surface area contributed by atoms with E-state index < -0.39 is 35.3 Å². The second kappa shape index (κ2) is 8.79. The second-order valence-corrected chi connectivity index (χ2v) is 7.67. The quantitative estimate of drug-likeness (QED) is 0.194. The summed E-state index contributed by atoms with van der Waals surface area (Å²) in [6.07, 6.45) is -0.844. The van der Waals surface area contributed by atoms with Crippen LogP contribution in [0, 0.1) is 5.92 Å². The molecular formula is C12H17N4NaO5S2. The first-order valence-electron chi connectivity index (χ1n) is 6.81. The molecule has 0 aromatic heterocycles. The Kier molecular flexibility index (Phi) is 7.91. The van der Waals surface area contributed by atoms with E-state index in [1.807, 2.05) is 0 Å². The zero-order chi connectivity index (χ0) is 17.3. The molecule has 0 aliphatic carbocycles. The summed E-state index contributed by atoms with van der Waals surface area (Å²) in [7, 11) is 0. The van der Waals surface area contributed by atoms with Gasteiger partial charge in [-0.1, -0.05) is 11.8 Å². The van der Waals surface area contributed by atoms with Gasteiger partial charge in [-0.3, -0.25) is 15.1 Å². The van der Waals surface area contributed by atoms with Crippen LogP contribution in [0.4, 0.5) is 4.79 Å². The molecule has 128 valence electrons. The van der Waals surface area contributed by atoms with Crippen molar-refractivity contribution in [1.82, 2.24) is 15.8 Å². The fraction of sp³-hybridized carbons (Fsp3) is 0.583. The number of nitrogens with one attached hydrogen (secondary N) is 2. The molecular weight excluding hydrogens is 367 g/mol. The van der Waals surface area contributed by atoms with E-state index in [0.717, 1.165) is 0 Å². The fourth-order valence-corrected chi connectivity index (χ4v) is 5.17. The molecule has 0 aromatic carbocycles. The number of fused-ring (bicyclic) bond motifs is 1. The van der Waals surface area contributed by atoms with Crippen LogP contribution in [0.2, 0.25) is 0 Å². The van der Waals surface area contributed by atoms with Crippen LogP contribution in [0.5, 0.6) is 0 Å². The number of aliphatic hydroxyl groups is 1. The van der Waals surface area contributed by atoms with Gasteiger partial charge in [0.25, 0.3) is 0 Å². The first-order chi connectivity index (χ1) is 10.7. The Labute approximate surface area is 169 Å². The molecule has 1 fully saturated rings. The minimum Gasteiger partial charge on any atom is -0.543 e. The van der Waals surface area contributed by atoms with Crippen LogP contribution in [-0.2, 0) is 9.59 Å². The molecule has 2 unspecified atom stereocenters. The van der Waals surface area contributed by atoms with Gasteiger partial charge in [-0.2, -0.15) is 0 Å². The maximum atomic E-state index is 12.0. The summed E-state index contributed by atoms with van der Waals surface area (Å²) in [6.45, 7) is 3.28. The molecule has 2 heterocycles. The van der Waals surface area contributed by atoms with Crippen molar-refractivity contribution in [2.45, 2.75) is 31.4 Å². The Bertz CT molecular complexity index is 574. The number of urea groups is 1. The van der Waals surface area contributed by atoms with E-state index in [2.05, 4.69) is 10.9 Å². The molecule has 3 amide bonds. The van der Waals surface area contributed by atoms with Crippen molar-refractivity contribution in [2.75, 3.05) is 5.75 Å². The molecule has 0 aromatic rings. The molecule has 12 heteroatoms. The first-order valence-corrected chi connectivity index (χ1v) is 8.67. The zero-order valence-corrected chi connectivity index (χ0v) is 17.1. The molecule has 2 aliphatic rings. The largest absolute Gasteiger partial charge is 1.00 e. The van der Waals surface area contributed by atoms with E-state index in [1.54, 1.807) is 6.92 Å². The van der Waals surface area contributed by atoms with Crippen LogP contribution in [0.15, 0.2) is 9.93 Å². The molecule has 0 saturated carbocycles. The maximum Gasteiger partial charge on any atom is 1.00 e. The van der Waals surface area contributed by atoms with Crippen molar-refractivity contribution in [2.24, 2.45) is 11.7 Å². The van der Waals surface area contributed by atoms with Crippen LogP contribution in [0.1, 0.15) is 13.8 Å². The predicted molar refractivity (Wildman–Crippen MR) is 83.2 cm³/mol. The molecule has 0 radical (unpaired) electrons. The summed E-state index contributed by atoms with van der Waals surface area (Å²) in [5.74, 6) is -2.00. The first kappa shape index (κ1) is 21.6. The van der Waals surface area contributed by atoms with E-state index >= 15 is 0 Å². The summed E-state index contributed by atoms with van der Waals surface area (Å²) in [4.78, 5) is 35.1. The molecule has 0 spiro atoms. The van der Waals surface area contributed by atoms with Crippen LogP contribution in [0.3, 0.4) is 0 Å². The number of hydrazine groups is 1. The van der Waals surface area contributed by atoms with Crippen molar-refractivity contribution in [3.05, 3.63) is 9.93 Å². The third-order valence-corrected chi connectivity index (χ3v) is 6.28. The maximum absolute atomic E-state index is 12.0. The average molecular weight is 384 g/mol. The molecule has 2 aliphatic heterocycles. The SMILES string of the molecule is CC(CSC1=C(C(=O)[O-])N2C(=O)[C@H](C(C)O)[C@H]2S1)NNC(N)=O.[Na+]. The summed E-state index contributed by atoms with van der Waals surface area (Å²) in [5.41, 5.74) is 9.69. The Morgan fingerprint density at radius 1 is 1.50 bits per heavy atom. The van der Waals surface area contributed by atoms with Gasteiger partial charge in [0.05, 0.1) is 27.9 Å². The minimum atomic E-state index is -1.42. The zero-order valence-electron chi connectivity index (χ0n) is 13.4. The number of aliphatic hydroxyl groups excluding tert-OH is 1. The summed E-state index contributed by atoms with van der Waals surface area (Å²) < 4.78 is 0.458. The number of nitrogens with zero attached hydrogens (tertiary/aromatic N) is 1. The smallest absolute Gasteiger partial charge is 0.543 e. The number of hydrogen-bond donors (Lipinski definition) is 4. The summed E-state index contributed by atoms with van der Waals surface area (Å²) >= 11 is 2.47. The van der Waals surface area contributed by atoms with Gasteiger partial charge in [0.2, 0.25) is 5.91 Å². The molecule has 5 N–H and O–H groups in total. The van der Waals surface area contributed by atoms with Crippen LogP contribution >= 0.6 is 23.5 Å². The van der Waals surface area contributed by atoms with Crippen molar-refractivity contribution < 1.29 is 54.2 Å². The number of aliphatic carboxylic acids is 1. The molecule has 0 bridgehead atoms. The average Bonchev–Trinajstić information content (AvgIpc) is 2.76. The number of primary amides is 1. The second-order valence-electron chi connectivity index (χ2n) is 5.25. The van der Waals surface area contributed by atoms with E-state index in [1.165, 1.54) is 35.3 Å². The number of rotatable bonds is 7. The van der Waals surface area contributed by atoms with Crippen LogP contribution in [0.25, 0.3) is 0 Å². The minimum absolute atomic E-state index is 0. The third-order valence-electron chi connectivity index (χ3n) is 3.37. The van der Waals surface area contributed by atoms with Gasteiger partial charge in [0.1, 0.15) is 5.37 Å². The van der Waals surface area contributed by atoms with Gasteiger partial charge < -0.3 is 20.7 Å².